The van der Waals surface area contributed by atoms with Crippen molar-refractivity contribution in [2.75, 3.05) is 6.54 Å². The number of fused-ring (bicyclic) bond motifs is 1. The Morgan fingerprint density at radius 2 is 1.62 bits per heavy atom. The van der Waals surface area contributed by atoms with Crippen LogP contribution < -0.4 is 5.73 Å². The first-order valence-corrected chi connectivity index (χ1v) is 8.81. The van der Waals surface area contributed by atoms with E-state index < -0.39 is 0 Å². The van der Waals surface area contributed by atoms with E-state index in [9.17, 15) is 4.79 Å². The Balaban J connectivity index is 0.00000161. The van der Waals surface area contributed by atoms with Gasteiger partial charge in [-0.05, 0) is 50.4 Å². The number of halogens is 1. The van der Waals surface area contributed by atoms with Crippen molar-refractivity contribution in [3.8, 4) is 0 Å². The lowest BCUT2D eigenvalue weighted by Gasteiger charge is -2.45. The molecule has 3 rings (SSSR count). The summed E-state index contributed by atoms with van der Waals surface area (Å²) in [7, 11) is 0. The van der Waals surface area contributed by atoms with Crippen molar-refractivity contribution in [2.45, 2.75) is 82.7 Å². The molecule has 1 amide bonds. The van der Waals surface area contributed by atoms with Crippen LogP contribution in [0.5, 0.6) is 0 Å². The third kappa shape index (κ3) is 3.92. The van der Waals surface area contributed by atoms with Crippen molar-refractivity contribution >= 4 is 18.3 Å². The highest BCUT2D eigenvalue weighted by atomic mass is 35.5. The normalized spacial score (nSPS) is 36.5. The first kappa shape index (κ1) is 17.1. The van der Waals surface area contributed by atoms with Crippen LogP contribution in [0, 0.1) is 11.8 Å². The van der Waals surface area contributed by atoms with Crippen LogP contribution >= 0.6 is 12.4 Å². The molecule has 3 fully saturated rings. The van der Waals surface area contributed by atoms with E-state index in [2.05, 4.69) is 4.90 Å². The van der Waals surface area contributed by atoms with Crippen molar-refractivity contribution in [1.82, 2.24) is 4.90 Å². The molecule has 21 heavy (non-hydrogen) atoms. The molecule has 4 heteroatoms. The number of piperidine rings is 1. The zero-order valence-electron chi connectivity index (χ0n) is 13.1. The molecule has 0 spiro atoms. The number of hydrogen-bond donors (Lipinski definition) is 1. The lowest BCUT2D eigenvalue weighted by atomic mass is 9.77. The molecule has 1 aliphatic heterocycles. The van der Waals surface area contributed by atoms with Crippen LogP contribution in [-0.4, -0.2) is 29.4 Å². The Morgan fingerprint density at radius 3 is 2.43 bits per heavy atom. The molecule has 0 bridgehead atoms. The predicted molar refractivity (Wildman–Crippen MR) is 88.5 cm³/mol. The second-order valence-corrected chi connectivity index (χ2v) is 7.25. The highest BCUT2D eigenvalue weighted by Gasteiger charge is 2.36. The number of likely N-dealkylation sites (tertiary alicyclic amines) is 1. The van der Waals surface area contributed by atoms with Gasteiger partial charge in [0, 0.05) is 25.0 Å². The van der Waals surface area contributed by atoms with Crippen LogP contribution in [0.1, 0.15) is 70.6 Å². The van der Waals surface area contributed by atoms with Crippen LogP contribution in [-0.2, 0) is 4.79 Å². The highest BCUT2D eigenvalue weighted by molar-refractivity contribution is 5.85. The quantitative estimate of drug-likeness (QED) is 0.848. The fourth-order valence-corrected chi connectivity index (χ4v) is 4.77. The molecule has 3 nitrogen and oxygen atoms in total. The summed E-state index contributed by atoms with van der Waals surface area (Å²) in [6, 6.07) is 0.824. The Morgan fingerprint density at radius 1 is 0.952 bits per heavy atom. The fraction of sp³-hybridized carbons (Fsp3) is 0.941. The SMILES string of the molecule is Cl.NC1CCCCC1CC(=O)N1CCCC2CCCCC21. The average molecular weight is 315 g/mol. The van der Waals surface area contributed by atoms with Gasteiger partial charge in [-0.2, -0.15) is 0 Å². The highest BCUT2D eigenvalue weighted by Crippen LogP contribution is 2.36. The number of rotatable bonds is 2. The van der Waals surface area contributed by atoms with Crippen LogP contribution in [0.3, 0.4) is 0 Å². The smallest absolute Gasteiger partial charge is 0.223 e. The monoisotopic (exact) mass is 314 g/mol. The summed E-state index contributed by atoms with van der Waals surface area (Å²) in [6.45, 7) is 1.00. The van der Waals surface area contributed by atoms with E-state index in [1.165, 1.54) is 51.4 Å². The minimum atomic E-state index is 0. The molecule has 0 aromatic rings. The number of nitrogens with two attached hydrogens (primary N) is 1. The van der Waals surface area contributed by atoms with E-state index in [1.807, 2.05) is 0 Å². The van der Waals surface area contributed by atoms with Gasteiger partial charge in [-0.15, -0.1) is 12.4 Å². The maximum absolute atomic E-state index is 12.7. The Bertz CT molecular complexity index is 348. The zero-order valence-corrected chi connectivity index (χ0v) is 14.0. The van der Waals surface area contributed by atoms with E-state index in [4.69, 9.17) is 5.73 Å². The number of amides is 1. The van der Waals surface area contributed by atoms with E-state index in [-0.39, 0.29) is 18.4 Å². The standard InChI is InChI=1S/C17H30N2O.ClH/c18-15-9-3-1-7-14(15)12-17(20)19-11-5-8-13-6-2-4-10-16(13)19;/h13-16H,1-12,18H2;1H. The van der Waals surface area contributed by atoms with Gasteiger partial charge in [0.15, 0.2) is 0 Å². The van der Waals surface area contributed by atoms with Gasteiger partial charge in [0.1, 0.15) is 0 Å². The zero-order chi connectivity index (χ0) is 13.9. The summed E-state index contributed by atoms with van der Waals surface area (Å²) in [4.78, 5) is 15.0. The van der Waals surface area contributed by atoms with Crippen molar-refractivity contribution in [2.24, 2.45) is 17.6 Å². The molecular weight excluding hydrogens is 284 g/mol. The van der Waals surface area contributed by atoms with E-state index in [0.717, 1.165) is 25.3 Å². The second kappa shape index (κ2) is 7.82. The summed E-state index contributed by atoms with van der Waals surface area (Å²) < 4.78 is 0. The molecule has 2 saturated carbocycles. The van der Waals surface area contributed by atoms with Gasteiger partial charge in [0.25, 0.3) is 0 Å². The first-order chi connectivity index (χ1) is 9.75. The molecule has 122 valence electrons. The molecule has 4 atom stereocenters. The third-order valence-corrected chi connectivity index (χ3v) is 5.97. The largest absolute Gasteiger partial charge is 0.339 e. The van der Waals surface area contributed by atoms with Gasteiger partial charge >= 0.3 is 0 Å². The summed E-state index contributed by atoms with van der Waals surface area (Å²) in [6.07, 6.45) is 13.3. The van der Waals surface area contributed by atoms with Crippen LogP contribution in [0.4, 0.5) is 0 Å². The molecule has 2 aliphatic carbocycles. The summed E-state index contributed by atoms with van der Waals surface area (Å²) >= 11 is 0. The lowest BCUT2D eigenvalue weighted by molar-refractivity contribution is -0.139. The van der Waals surface area contributed by atoms with Crippen LogP contribution in [0.15, 0.2) is 0 Å². The molecule has 0 radical (unpaired) electrons. The Hall–Kier alpha value is -0.280. The number of hydrogen-bond acceptors (Lipinski definition) is 2. The van der Waals surface area contributed by atoms with Crippen LogP contribution in [0.25, 0.3) is 0 Å². The van der Waals surface area contributed by atoms with Crippen LogP contribution in [0.2, 0.25) is 0 Å². The summed E-state index contributed by atoms with van der Waals surface area (Å²) in [5.74, 6) is 1.64. The van der Waals surface area contributed by atoms with E-state index in [1.54, 1.807) is 0 Å². The lowest BCUT2D eigenvalue weighted by Crippen LogP contribution is -2.50. The van der Waals surface area contributed by atoms with Crippen molar-refractivity contribution < 1.29 is 4.79 Å². The molecule has 2 N–H and O–H groups in total. The Kier molecular flexibility index (Phi) is 6.36. The third-order valence-electron chi connectivity index (χ3n) is 5.97. The summed E-state index contributed by atoms with van der Waals surface area (Å²) in [5, 5.41) is 0. The van der Waals surface area contributed by atoms with Crippen molar-refractivity contribution in [3.05, 3.63) is 0 Å². The topological polar surface area (TPSA) is 46.3 Å². The van der Waals surface area contributed by atoms with Gasteiger partial charge < -0.3 is 10.6 Å². The molecule has 4 unspecified atom stereocenters. The molecule has 0 aromatic carbocycles. The number of carbonyl (C=O) groups is 1. The van der Waals surface area contributed by atoms with Gasteiger partial charge in [-0.25, -0.2) is 0 Å². The molecule has 3 aliphatic rings. The molecule has 1 heterocycles. The maximum Gasteiger partial charge on any atom is 0.223 e. The van der Waals surface area contributed by atoms with E-state index >= 15 is 0 Å². The van der Waals surface area contributed by atoms with Gasteiger partial charge in [-0.3, -0.25) is 4.79 Å². The van der Waals surface area contributed by atoms with E-state index in [0.29, 0.717) is 24.3 Å². The van der Waals surface area contributed by atoms with Gasteiger partial charge in [0.2, 0.25) is 5.91 Å². The maximum atomic E-state index is 12.7. The van der Waals surface area contributed by atoms with Gasteiger partial charge in [-0.1, -0.05) is 25.7 Å². The second-order valence-electron chi connectivity index (χ2n) is 7.25. The molecular formula is C17H31ClN2O. The van der Waals surface area contributed by atoms with Gasteiger partial charge in [0.05, 0.1) is 0 Å². The number of nitrogens with zero attached hydrogens (tertiary/aromatic N) is 1. The molecule has 0 aromatic heterocycles. The molecule has 1 saturated heterocycles. The number of carbonyl (C=O) groups excluding carboxylic acids is 1. The first-order valence-electron chi connectivity index (χ1n) is 8.81. The Labute approximate surface area is 135 Å². The van der Waals surface area contributed by atoms with Crippen molar-refractivity contribution in [3.63, 3.8) is 0 Å². The van der Waals surface area contributed by atoms with Crippen molar-refractivity contribution in [1.29, 1.82) is 0 Å². The minimum absolute atomic E-state index is 0. The fourth-order valence-electron chi connectivity index (χ4n) is 4.77. The minimum Gasteiger partial charge on any atom is -0.339 e. The predicted octanol–water partition coefficient (Wildman–Crippen LogP) is 3.50. The summed E-state index contributed by atoms with van der Waals surface area (Å²) in [5.41, 5.74) is 6.22. The average Bonchev–Trinajstić information content (AvgIpc) is 2.49.